The van der Waals surface area contributed by atoms with Crippen LogP contribution in [0.3, 0.4) is 0 Å². The highest BCUT2D eigenvalue weighted by Crippen LogP contribution is 2.20. The minimum absolute atomic E-state index is 0.0233. The number of ether oxygens (including phenoxy) is 1. The van der Waals surface area contributed by atoms with Crippen LogP contribution in [0, 0.1) is 19.7 Å². The Hall–Kier alpha value is -2.45. The van der Waals surface area contributed by atoms with Crippen molar-refractivity contribution in [1.29, 1.82) is 0 Å². The molecule has 1 fully saturated rings. The summed E-state index contributed by atoms with van der Waals surface area (Å²) in [5.41, 5.74) is 3.49. The normalized spacial score (nSPS) is 15.6. The minimum Gasteiger partial charge on any atom is -0.494 e. The standard InChI is InChI=1S/C20H28FN5O2/c1-14-20(15(2)24(3)23-14)22-19(27)13-26-9-7-25(8-10-26)12-16-5-6-18(28-4)17(21)11-16/h5-6,11H,7-10,12-13H2,1-4H3,(H,22,27). The van der Waals surface area contributed by atoms with Gasteiger partial charge in [-0.25, -0.2) is 4.39 Å². The lowest BCUT2D eigenvalue weighted by molar-refractivity contribution is -0.117. The zero-order valence-electron chi connectivity index (χ0n) is 17.0. The Morgan fingerprint density at radius 1 is 1.21 bits per heavy atom. The van der Waals surface area contributed by atoms with Gasteiger partial charge in [-0.15, -0.1) is 0 Å². The van der Waals surface area contributed by atoms with Crippen LogP contribution in [0.2, 0.25) is 0 Å². The van der Waals surface area contributed by atoms with E-state index in [4.69, 9.17) is 4.74 Å². The number of anilines is 1. The minimum atomic E-state index is -0.337. The lowest BCUT2D eigenvalue weighted by Gasteiger charge is -2.34. The van der Waals surface area contributed by atoms with E-state index in [1.807, 2.05) is 27.0 Å². The molecular formula is C20H28FN5O2. The van der Waals surface area contributed by atoms with E-state index in [2.05, 4.69) is 20.2 Å². The third kappa shape index (κ3) is 4.69. The summed E-state index contributed by atoms with van der Waals surface area (Å²) in [7, 11) is 3.33. The number of aryl methyl sites for hydroxylation is 2. The first-order valence-electron chi connectivity index (χ1n) is 9.44. The molecule has 7 nitrogen and oxygen atoms in total. The number of aromatic nitrogens is 2. The Balaban J connectivity index is 1.47. The summed E-state index contributed by atoms with van der Waals surface area (Å²) in [6.45, 7) is 8.17. The van der Waals surface area contributed by atoms with Crippen LogP contribution in [-0.4, -0.2) is 65.3 Å². The zero-order chi connectivity index (χ0) is 20.3. The van der Waals surface area contributed by atoms with Crippen molar-refractivity contribution in [3.8, 4) is 5.75 Å². The van der Waals surface area contributed by atoms with Crippen LogP contribution in [0.1, 0.15) is 17.0 Å². The number of carbonyl (C=O) groups excluding carboxylic acids is 1. The summed E-state index contributed by atoms with van der Waals surface area (Å²) < 4.78 is 20.6. The number of hydrogen-bond donors (Lipinski definition) is 1. The van der Waals surface area contributed by atoms with Crippen LogP contribution in [0.15, 0.2) is 18.2 Å². The lowest BCUT2D eigenvalue weighted by Crippen LogP contribution is -2.48. The first-order valence-corrected chi connectivity index (χ1v) is 9.44. The van der Waals surface area contributed by atoms with Crippen molar-refractivity contribution in [1.82, 2.24) is 19.6 Å². The van der Waals surface area contributed by atoms with Gasteiger partial charge in [0.2, 0.25) is 5.91 Å². The van der Waals surface area contributed by atoms with E-state index in [1.54, 1.807) is 10.7 Å². The Morgan fingerprint density at radius 3 is 2.46 bits per heavy atom. The molecule has 1 aliphatic rings. The number of piperazine rings is 1. The molecule has 0 unspecified atom stereocenters. The van der Waals surface area contributed by atoms with Crippen molar-refractivity contribution in [2.75, 3.05) is 45.2 Å². The van der Waals surface area contributed by atoms with E-state index in [0.29, 0.717) is 13.1 Å². The van der Waals surface area contributed by atoms with Crippen molar-refractivity contribution < 1.29 is 13.9 Å². The molecule has 1 N–H and O–H groups in total. The lowest BCUT2D eigenvalue weighted by atomic mass is 10.2. The van der Waals surface area contributed by atoms with E-state index in [1.165, 1.54) is 13.2 Å². The molecule has 0 spiro atoms. The van der Waals surface area contributed by atoms with Crippen LogP contribution in [-0.2, 0) is 18.4 Å². The molecule has 2 aromatic rings. The molecule has 1 aromatic carbocycles. The van der Waals surface area contributed by atoms with Gasteiger partial charge in [0.1, 0.15) is 0 Å². The number of benzene rings is 1. The van der Waals surface area contributed by atoms with Gasteiger partial charge >= 0.3 is 0 Å². The molecule has 0 saturated carbocycles. The van der Waals surface area contributed by atoms with Crippen molar-refractivity contribution in [3.63, 3.8) is 0 Å². The summed E-state index contributed by atoms with van der Waals surface area (Å²) in [4.78, 5) is 16.8. The van der Waals surface area contributed by atoms with Crippen molar-refractivity contribution >= 4 is 11.6 Å². The average molecular weight is 389 g/mol. The van der Waals surface area contributed by atoms with Gasteiger partial charge in [-0.3, -0.25) is 19.3 Å². The Morgan fingerprint density at radius 2 is 1.89 bits per heavy atom. The molecule has 3 rings (SSSR count). The van der Waals surface area contributed by atoms with E-state index < -0.39 is 0 Å². The molecule has 1 saturated heterocycles. The average Bonchev–Trinajstić information content (AvgIpc) is 2.89. The zero-order valence-corrected chi connectivity index (χ0v) is 17.0. The first kappa shape index (κ1) is 20.3. The molecule has 1 aliphatic heterocycles. The quantitative estimate of drug-likeness (QED) is 0.818. The topological polar surface area (TPSA) is 62.6 Å². The number of rotatable bonds is 6. The third-order valence-corrected chi connectivity index (χ3v) is 5.23. The number of nitrogens with zero attached hydrogens (tertiary/aromatic N) is 4. The van der Waals surface area contributed by atoms with Gasteiger partial charge in [0.05, 0.1) is 30.7 Å². The van der Waals surface area contributed by atoms with Crippen molar-refractivity contribution in [3.05, 3.63) is 41.0 Å². The molecule has 0 radical (unpaired) electrons. The number of halogens is 1. The fourth-order valence-electron chi connectivity index (χ4n) is 3.51. The molecule has 0 bridgehead atoms. The number of nitrogens with one attached hydrogen (secondary N) is 1. The maximum Gasteiger partial charge on any atom is 0.238 e. The fourth-order valence-corrected chi connectivity index (χ4v) is 3.51. The van der Waals surface area contributed by atoms with Crippen LogP contribution >= 0.6 is 0 Å². The molecule has 1 aromatic heterocycles. The Bertz CT molecular complexity index is 843. The van der Waals surface area contributed by atoms with Gasteiger partial charge < -0.3 is 10.1 Å². The molecule has 8 heteroatoms. The van der Waals surface area contributed by atoms with Gasteiger partial charge in [-0.05, 0) is 31.5 Å². The molecular weight excluding hydrogens is 361 g/mol. The summed E-state index contributed by atoms with van der Waals surface area (Å²) in [5, 5.41) is 7.31. The summed E-state index contributed by atoms with van der Waals surface area (Å²) >= 11 is 0. The maximum atomic E-state index is 13.8. The van der Waals surface area contributed by atoms with Gasteiger partial charge in [0, 0.05) is 39.8 Å². The number of carbonyl (C=O) groups is 1. The second-order valence-corrected chi connectivity index (χ2v) is 7.24. The van der Waals surface area contributed by atoms with E-state index in [-0.39, 0.29) is 17.5 Å². The van der Waals surface area contributed by atoms with Crippen LogP contribution < -0.4 is 10.1 Å². The predicted octanol–water partition coefficient (Wildman–Crippen LogP) is 1.94. The Kier molecular flexibility index (Phi) is 6.31. The summed E-state index contributed by atoms with van der Waals surface area (Å²) in [5.74, 6) is -0.0974. The molecule has 28 heavy (non-hydrogen) atoms. The van der Waals surface area contributed by atoms with E-state index in [0.717, 1.165) is 48.8 Å². The molecule has 2 heterocycles. The third-order valence-electron chi connectivity index (χ3n) is 5.23. The van der Waals surface area contributed by atoms with Crippen LogP contribution in [0.25, 0.3) is 0 Å². The van der Waals surface area contributed by atoms with Crippen molar-refractivity contribution in [2.24, 2.45) is 7.05 Å². The van der Waals surface area contributed by atoms with Gasteiger partial charge in [0.15, 0.2) is 11.6 Å². The molecule has 0 aliphatic carbocycles. The Labute approximate surface area is 165 Å². The van der Waals surface area contributed by atoms with Gasteiger partial charge in [0.25, 0.3) is 0 Å². The van der Waals surface area contributed by atoms with E-state index in [9.17, 15) is 9.18 Å². The smallest absolute Gasteiger partial charge is 0.238 e. The maximum absolute atomic E-state index is 13.8. The van der Waals surface area contributed by atoms with Gasteiger partial charge in [-0.2, -0.15) is 5.10 Å². The SMILES string of the molecule is COc1ccc(CN2CCN(CC(=O)Nc3c(C)nn(C)c3C)CC2)cc1F. The van der Waals surface area contributed by atoms with Crippen LogP contribution in [0.5, 0.6) is 5.75 Å². The highest BCUT2D eigenvalue weighted by molar-refractivity contribution is 5.93. The number of hydrogen-bond acceptors (Lipinski definition) is 5. The van der Waals surface area contributed by atoms with Gasteiger partial charge in [-0.1, -0.05) is 6.07 Å². The highest BCUT2D eigenvalue weighted by atomic mass is 19.1. The highest BCUT2D eigenvalue weighted by Gasteiger charge is 2.20. The fraction of sp³-hybridized carbons (Fsp3) is 0.500. The molecule has 152 valence electrons. The van der Waals surface area contributed by atoms with Crippen LogP contribution in [0.4, 0.5) is 10.1 Å². The number of amides is 1. The van der Waals surface area contributed by atoms with Crippen molar-refractivity contribution in [2.45, 2.75) is 20.4 Å². The largest absolute Gasteiger partial charge is 0.494 e. The summed E-state index contributed by atoms with van der Waals surface area (Å²) in [6, 6.07) is 5.07. The molecule has 1 amide bonds. The number of methoxy groups -OCH3 is 1. The monoisotopic (exact) mass is 389 g/mol. The summed E-state index contributed by atoms with van der Waals surface area (Å²) in [6.07, 6.45) is 0. The van der Waals surface area contributed by atoms with E-state index >= 15 is 0 Å². The first-order chi connectivity index (χ1) is 13.4. The molecule has 0 atom stereocenters. The second-order valence-electron chi connectivity index (χ2n) is 7.24. The predicted molar refractivity (Wildman–Crippen MR) is 106 cm³/mol. The second kappa shape index (κ2) is 8.70.